The van der Waals surface area contributed by atoms with E-state index in [1.807, 2.05) is 73.3 Å². The van der Waals surface area contributed by atoms with Crippen molar-refractivity contribution in [2.75, 3.05) is 4.90 Å². The first-order valence-corrected chi connectivity index (χ1v) is 7.56. The zero-order valence-corrected chi connectivity index (χ0v) is 13.0. The summed E-state index contributed by atoms with van der Waals surface area (Å²) in [4.78, 5) is 14.2. The van der Waals surface area contributed by atoms with Gasteiger partial charge in [0.25, 0.3) is 0 Å². The van der Waals surface area contributed by atoms with Gasteiger partial charge in [-0.1, -0.05) is 47.7 Å². The number of nitrogens with zero attached hydrogens (tertiary/aromatic N) is 1. The lowest BCUT2D eigenvalue weighted by atomic mass is 9.98. The molecule has 0 bridgehead atoms. The molecule has 3 rings (SSSR count). The van der Waals surface area contributed by atoms with Gasteiger partial charge in [0.15, 0.2) is 0 Å². The van der Waals surface area contributed by atoms with Gasteiger partial charge in [-0.2, -0.15) is 0 Å². The van der Waals surface area contributed by atoms with Crippen LogP contribution in [0.25, 0.3) is 0 Å². The Kier molecular flexibility index (Phi) is 3.73. The minimum absolute atomic E-state index is 0.147. The van der Waals surface area contributed by atoms with Gasteiger partial charge in [-0.3, -0.25) is 9.69 Å². The highest BCUT2D eigenvalue weighted by molar-refractivity contribution is 5.98. The lowest BCUT2D eigenvalue weighted by molar-refractivity contribution is -0.117. The molecule has 1 fully saturated rings. The molecule has 0 radical (unpaired) electrons. The van der Waals surface area contributed by atoms with E-state index in [1.54, 1.807) is 0 Å². The van der Waals surface area contributed by atoms with Crippen molar-refractivity contribution in [3.05, 3.63) is 65.7 Å². The summed E-state index contributed by atoms with van der Waals surface area (Å²) in [6, 6.07) is 18.0. The molecule has 22 heavy (non-hydrogen) atoms. The third-order valence-corrected chi connectivity index (χ3v) is 4.11. The van der Waals surface area contributed by atoms with Crippen LogP contribution in [0.15, 0.2) is 54.6 Å². The third-order valence-electron chi connectivity index (χ3n) is 4.11. The van der Waals surface area contributed by atoms with Crippen molar-refractivity contribution in [3.63, 3.8) is 0 Å². The molecule has 1 amide bonds. The minimum atomic E-state index is -0.442. The molecule has 2 aromatic rings. The summed E-state index contributed by atoms with van der Waals surface area (Å²) in [6.07, 6.45) is 1.31. The van der Waals surface area contributed by atoms with E-state index >= 15 is 0 Å². The Morgan fingerprint density at radius 3 is 2.41 bits per heavy atom. The van der Waals surface area contributed by atoms with Crippen LogP contribution in [-0.4, -0.2) is 11.4 Å². The SMILES string of the molecule is Cc1ccc(N2C(=O)CCC2(C)C#Cc2ccccc2)cc1. The van der Waals surface area contributed by atoms with E-state index in [0.717, 1.165) is 17.7 Å². The van der Waals surface area contributed by atoms with Crippen LogP contribution in [0.3, 0.4) is 0 Å². The average molecular weight is 289 g/mol. The lowest BCUT2D eigenvalue weighted by Crippen LogP contribution is -2.42. The fourth-order valence-electron chi connectivity index (χ4n) is 2.82. The van der Waals surface area contributed by atoms with Crippen LogP contribution in [0.5, 0.6) is 0 Å². The number of anilines is 1. The van der Waals surface area contributed by atoms with E-state index in [1.165, 1.54) is 5.56 Å². The standard InChI is InChI=1S/C20H19NO/c1-16-8-10-18(11-9-16)21-19(22)13-15-20(21,2)14-12-17-6-4-3-5-7-17/h3-11H,13,15H2,1-2H3. The van der Waals surface area contributed by atoms with Gasteiger partial charge < -0.3 is 0 Å². The summed E-state index contributed by atoms with van der Waals surface area (Å²) in [5.74, 6) is 6.68. The van der Waals surface area contributed by atoms with E-state index in [-0.39, 0.29) is 5.91 Å². The van der Waals surface area contributed by atoms with Gasteiger partial charge in [0, 0.05) is 17.7 Å². The topological polar surface area (TPSA) is 20.3 Å². The van der Waals surface area contributed by atoms with Gasteiger partial charge in [0.1, 0.15) is 5.54 Å². The Bertz CT molecular complexity index is 737. The molecule has 1 aliphatic heterocycles. The number of carbonyl (C=O) groups excluding carboxylic acids is 1. The zero-order valence-electron chi connectivity index (χ0n) is 13.0. The van der Waals surface area contributed by atoms with Gasteiger partial charge in [-0.25, -0.2) is 0 Å². The second kappa shape index (κ2) is 5.69. The molecular formula is C20H19NO. The number of aryl methyl sites for hydroxylation is 1. The van der Waals surface area contributed by atoms with Gasteiger partial charge in [-0.05, 0) is 44.5 Å². The molecule has 2 heteroatoms. The van der Waals surface area contributed by atoms with Crippen molar-refractivity contribution in [3.8, 4) is 11.8 Å². The molecular weight excluding hydrogens is 270 g/mol. The Morgan fingerprint density at radius 2 is 1.73 bits per heavy atom. The molecule has 2 aromatic carbocycles. The molecule has 1 saturated heterocycles. The monoisotopic (exact) mass is 289 g/mol. The van der Waals surface area contributed by atoms with Crippen molar-refractivity contribution < 1.29 is 4.79 Å². The van der Waals surface area contributed by atoms with E-state index < -0.39 is 5.54 Å². The summed E-state index contributed by atoms with van der Waals surface area (Å²) < 4.78 is 0. The van der Waals surface area contributed by atoms with Crippen LogP contribution < -0.4 is 4.90 Å². The lowest BCUT2D eigenvalue weighted by Gasteiger charge is -2.30. The summed E-state index contributed by atoms with van der Waals surface area (Å²) >= 11 is 0. The number of rotatable bonds is 1. The molecule has 0 N–H and O–H groups in total. The Hall–Kier alpha value is -2.53. The molecule has 1 heterocycles. The minimum Gasteiger partial charge on any atom is -0.296 e. The first-order chi connectivity index (χ1) is 10.6. The van der Waals surface area contributed by atoms with Crippen LogP contribution >= 0.6 is 0 Å². The van der Waals surface area contributed by atoms with Crippen molar-refractivity contribution >= 4 is 11.6 Å². The molecule has 0 saturated carbocycles. The number of carbonyl (C=O) groups is 1. The number of hydrogen-bond donors (Lipinski definition) is 0. The highest BCUT2D eigenvalue weighted by Gasteiger charge is 2.41. The van der Waals surface area contributed by atoms with Crippen molar-refractivity contribution in [1.82, 2.24) is 0 Å². The van der Waals surface area contributed by atoms with Gasteiger partial charge in [-0.15, -0.1) is 0 Å². The predicted molar refractivity (Wildman–Crippen MR) is 89.6 cm³/mol. The van der Waals surface area contributed by atoms with Crippen LogP contribution in [-0.2, 0) is 4.79 Å². The molecule has 2 nitrogen and oxygen atoms in total. The summed E-state index contributed by atoms with van der Waals surface area (Å²) in [7, 11) is 0. The van der Waals surface area contributed by atoms with Crippen molar-refractivity contribution in [2.45, 2.75) is 32.2 Å². The summed E-state index contributed by atoms with van der Waals surface area (Å²) in [5.41, 5.74) is 2.65. The van der Waals surface area contributed by atoms with Gasteiger partial charge in [0.2, 0.25) is 5.91 Å². The highest BCUT2D eigenvalue weighted by Crippen LogP contribution is 2.34. The number of amides is 1. The maximum atomic E-state index is 12.3. The van der Waals surface area contributed by atoms with Crippen LogP contribution in [0.1, 0.15) is 30.9 Å². The fraction of sp³-hybridized carbons (Fsp3) is 0.250. The first-order valence-electron chi connectivity index (χ1n) is 7.56. The molecule has 0 spiro atoms. The van der Waals surface area contributed by atoms with Gasteiger partial charge >= 0.3 is 0 Å². The molecule has 110 valence electrons. The molecule has 0 aromatic heterocycles. The average Bonchev–Trinajstić information content (AvgIpc) is 2.83. The van der Waals surface area contributed by atoms with Crippen molar-refractivity contribution in [1.29, 1.82) is 0 Å². The molecule has 1 unspecified atom stereocenters. The molecule has 1 atom stereocenters. The maximum absolute atomic E-state index is 12.3. The normalized spacial score (nSPS) is 20.6. The van der Waals surface area contributed by atoms with E-state index in [2.05, 4.69) is 11.8 Å². The van der Waals surface area contributed by atoms with Crippen LogP contribution in [0.4, 0.5) is 5.69 Å². The van der Waals surface area contributed by atoms with E-state index in [0.29, 0.717) is 6.42 Å². The summed E-state index contributed by atoms with van der Waals surface area (Å²) in [5, 5.41) is 0. The summed E-state index contributed by atoms with van der Waals surface area (Å²) in [6.45, 7) is 4.09. The zero-order chi connectivity index (χ0) is 15.6. The predicted octanol–water partition coefficient (Wildman–Crippen LogP) is 3.93. The van der Waals surface area contributed by atoms with E-state index in [4.69, 9.17) is 0 Å². The van der Waals surface area contributed by atoms with E-state index in [9.17, 15) is 4.79 Å². The molecule has 1 aliphatic rings. The second-order valence-electron chi connectivity index (χ2n) is 5.95. The third kappa shape index (κ3) is 2.76. The number of benzene rings is 2. The smallest absolute Gasteiger partial charge is 0.228 e. The van der Waals surface area contributed by atoms with Gasteiger partial charge in [0.05, 0.1) is 0 Å². The molecule has 0 aliphatic carbocycles. The first kappa shape index (κ1) is 14.4. The van der Waals surface area contributed by atoms with Crippen molar-refractivity contribution in [2.24, 2.45) is 0 Å². The Balaban J connectivity index is 1.96. The maximum Gasteiger partial charge on any atom is 0.228 e. The quantitative estimate of drug-likeness (QED) is 0.728. The number of hydrogen-bond acceptors (Lipinski definition) is 1. The second-order valence-corrected chi connectivity index (χ2v) is 5.95. The largest absolute Gasteiger partial charge is 0.296 e. The Morgan fingerprint density at radius 1 is 1.05 bits per heavy atom. The highest BCUT2D eigenvalue weighted by atomic mass is 16.2. The van der Waals surface area contributed by atoms with Crippen LogP contribution in [0.2, 0.25) is 0 Å². The van der Waals surface area contributed by atoms with Crippen LogP contribution in [0, 0.1) is 18.8 Å². The Labute approximate surface area is 131 Å². The fourth-order valence-corrected chi connectivity index (χ4v) is 2.82.